The highest BCUT2D eigenvalue weighted by Gasteiger charge is 2.15. The van der Waals surface area contributed by atoms with Crippen LogP contribution < -0.4 is 5.32 Å². The summed E-state index contributed by atoms with van der Waals surface area (Å²) in [4.78, 5) is 15.0. The summed E-state index contributed by atoms with van der Waals surface area (Å²) in [5.74, 6) is 1.16. The Kier molecular flexibility index (Phi) is 6.49. The number of nitrogens with one attached hydrogen (secondary N) is 2. The first kappa shape index (κ1) is 17.7. The Morgan fingerprint density at radius 1 is 1.38 bits per heavy atom. The van der Waals surface area contributed by atoms with E-state index in [2.05, 4.69) is 10.3 Å². The lowest BCUT2D eigenvalue weighted by atomic mass is 10.1. The van der Waals surface area contributed by atoms with Crippen molar-refractivity contribution in [2.24, 2.45) is 0 Å². The average Bonchev–Trinajstić information content (AvgIpc) is 3.22. The summed E-state index contributed by atoms with van der Waals surface area (Å²) >= 11 is 0. The fourth-order valence-corrected chi connectivity index (χ4v) is 6.03. The molecule has 0 aliphatic carbocycles. The van der Waals surface area contributed by atoms with Crippen molar-refractivity contribution < 1.29 is 9.18 Å². The van der Waals surface area contributed by atoms with Gasteiger partial charge in [0.25, 0.3) is 0 Å². The van der Waals surface area contributed by atoms with Crippen molar-refractivity contribution in [2.45, 2.75) is 43.8 Å². The number of aromatic nitrogens is 1. The molecule has 1 aliphatic rings. The number of amides is 1. The average molecular weight is 367 g/mol. The lowest BCUT2D eigenvalue weighted by molar-refractivity contribution is -0.121. The monoisotopic (exact) mass is 366 g/mol. The third kappa shape index (κ3) is 4.93. The minimum absolute atomic E-state index is 0.120. The van der Waals surface area contributed by atoms with Crippen LogP contribution >= 0.6 is 21.6 Å². The van der Waals surface area contributed by atoms with Crippen LogP contribution in [0.3, 0.4) is 0 Å². The van der Waals surface area contributed by atoms with E-state index in [4.69, 9.17) is 0 Å². The van der Waals surface area contributed by atoms with Gasteiger partial charge in [0, 0.05) is 41.1 Å². The second-order valence-corrected chi connectivity index (χ2v) is 8.97. The zero-order chi connectivity index (χ0) is 16.8. The molecule has 1 aromatic heterocycles. The Morgan fingerprint density at radius 2 is 2.29 bits per heavy atom. The summed E-state index contributed by atoms with van der Waals surface area (Å²) in [5.41, 5.74) is 1.97. The number of hydrogen-bond donors (Lipinski definition) is 2. The second-order valence-electron chi connectivity index (χ2n) is 6.18. The lowest BCUT2D eigenvalue weighted by Gasteiger charge is -2.07. The van der Waals surface area contributed by atoms with E-state index in [9.17, 15) is 9.18 Å². The molecule has 2 aromatic rings. The number of carbonyl (C=O) groups is 1. The Morgan fingerprint density at radius 3 is 3.12 bits per heavy atom. The van der Waals surface area contributed by atoms with E-state index in [0.717, 1.165) is 34.6 Å². The van der Waals surface area contributed by atoms with Crippen LogP contribution in [-0.2, 0) is 11.2 Å². The molecule has 2 N–H and O–H groups in total. The third-order valence-corrected chi connectivity index (χ3v) is 7.36. The maximum Gasteiger partial charge on any atom is 0.220 e. The summed E-state index contributed by atoms with van der Waals surface area (Å²) < 4.78 is 13.3. The number of rotatable bonds is 8. The van der Waals surface area contributed by atoms with Gasteiger partial charge in [-0.15, -0.1) is 0 Å². The summed E-state index contributed by atoms with van der Waals surface area (Å²) in [7, 11) is 3.97. The van der Waals surface area contributed by atoms with Crippen LogP contribution in [0.25, 0.3) is 10.9 Å². The predicted molar refractivity (Wildman–Crippen MR) is 102 cm³/mol. The molecule has 1 aromatic carbocycles. The van der Waals surface area contributed by atoms with Gasteiger partial charge in [0.05, 0.1) is 0 Å². The summed E-state index contributed by atoms with van der Waals surface area (Å²) in [5, 5.41) is 4.66. The highest BCUT2D eigenvalue weighted by atomic mass is 33.1. The van der Waals surface area contributed by atoms with Crippen molar-refractivity contribution in [1.82, 2.24) is 10.3 Å². The van der Waals surface area contributed by atoms with Crippen molar-refractivity contribution in [3.63, 3.8) is 0 Å². The van der Waals surface area contributed by atoms with Crippen LogP contribution in [0.1, 0.15) is 37.7 Å². The van der Waals surface area contributed by atoms with Crippen molar-refractivity contribution in [3.05, 3.63) is 35.8 Å². The molecule has 0 unspecified atom stereocenters. The quantitative estimate of drug-likeness (QED) is 0.527. The fraction of sp³-hybridized carbons (Fsp3) is 0.500. The van der Waals surface area contributed by atoms with Gasteiger partial charge in [-0.2, -0.15) is 0 Å². The Labute approximate surface area is 149 Å². The van der Waals surface area contributed by atoms with Gasteiger partial charge in [0.15, 0.2) is 0 Å². The predicted octanol–water partition coefficient (Wildman–Crippen LogP) is 4.68. The van der Waals surface area contributed by atoms with E-state index in [1.54, 1.807) is 12.1 Å². The Bertz CT molecular complexity index is 683. The first-order valence-corrected chi connectivity index (χ1v) is 10.9. The first-order chi connectivity index (χ1) is 11.7. The van der Waals surface area contributed by atoms with Crippen LogP contribution in [-0.4, -0.2) is 28.4 Å². The number of aromatic amines is 1. The normalized spacial score (nSPS) is 17.5. The maximum absolute atomic E-state index is 13.3. The number of benzene rings is 1. The van der Waals surface area contributed by atoms with Crippen LogP contribution in [0, 0.1) is 5.82 Å². The van der Waals surface area contributed by atoms with E-state index in [0.29, 0.717) is 19.4 Å². The molecular weight excluding hydrogens is 343 g/mol. The minimum atomic E-state index is -0.230. The van der Waals surface area contributed by atoms with E-state index in [1.165, 1.54) is 24.7 Å². The van der Waals surface area contributed by atoms with Crippen LogP contribution in [0.2, 0.25) is 0 Å². The van der Waals surface area contributed by atoms with E-state index in [-0.39, 0.29) is 11.7 Å². The molecule has 0 spiro atoms. The summed E-state index contributed by atoms with van der Waals surface area (Å²) in [6.45, 7) is 0.595. The van der Waals surface area contributed by atoms with Gasteiger partial charge < -0.3 is 10.3 Å². The molecule has 0 radical (unpaired) electrons. The zero-order valence-corrected chi connectivity index (χ0v) is 15.3. The third-order valence-electron chi connectivity index (χ3n) is 4.35. The van der Waals surface area contributed by atoms with Gasteiger partial charge >= 0.3 is 0 Å². The second kappa shape index (κ2) is 8.81. The molecule has 130 valence electrons. The fourth-order valence-electron chi connectivity index (χ4n) is 3.00. The highest BCUT2D eigenvalue weighted by Crippen LogP contribution is 2.39. The maximum atomic E-state index is 13.3. The number of hydrogen-bond acceptors (Lipinski definition) is 3. The number of H-pyrrole nitrogens is 1. The lowest BCUT2D eigenvalue weighted by Crippen LogP contribution is -2.25. The largest absolute Gasteiger partial charge is 0.361 e. The Balaban J connectivity index is 1.34. The molecule has 1 fully saturated rings. The molecule has 3 nitrogen and oxygen atoms in total. The molecule has 2 heterocycles. The molecule has 0 saturated carbocycles. The van der Waals surface area contributed by atoms with Crippen molar-refractivity contribution in [1.29, 1.82) is 0 Å². The molecular formula is C18H23FN2OS2. The van der Waals surface area contributed by atoms with E-state index in [1.807, 2.05) is 27.8 Å². The molecule has 3 rings (SSSR count). The van der Waals surface area contributed by atoms with Gasteiger partial charge in [0.1, 0.15) is 5.82 Å². The Hall–Kier alpha value is -1.14. The number of halogens is 1. The van der Waals surface area contributed by atoms with E-state index < -0.39 is 0 Å². The molecule has 1 atom stereocenters. The van der Waals surface area contributed by atoms with Crippen molar-refractivity contribution in [3.8, 4) is 0 Å². The topological polar surface area (TPSA) is 44.9 Å². The molecule has 1 aliphatic heterocycles. The molecule has 24 heavy (non-hydrogen) atoms. The highest BCUT2D eigenvalue weighted by molar-refractivity contribution is 8.77. The van der Waals surface area contributed by atoms with Gasteiger partial charge in [-0.1, -0.05) is 28.0 Å². The first-order valence-electron chi connectivity index (χ1n) is 8.53. The van der Waals surface area contributed by atoms with Crippen molar-refractivity contribution >= 4 is 38.4 Å². The van der Waals surface area contributed by atoms with Gasteiger partial charge in [0.2, 0.25) is 5.91 Å². The standard InChI is InChI=1S/C18H23FN2OS2/c19-14-5-6-17-16(11-14)13(12-21-17)7-9-20-18(22)4-2-1-3-15-8-10-23-24-15/h5-6,11-12,15,21H,1-4,7-10H2,(H,20,22)/t15-/m1/s1. The molecule has 6 heteroatoms. The van der Waals surface area contributed by atoms with Gasteiger partial charge in [-0.25, -0.2) is 4.39 Å². The molecule has 1 amide bonds. The van der Waals surface area contributed by atoms with Gasteiger partial charge in [-0.3, -0.25) is 4.79 Å². The SMILES string of the molecule is O=C(CCCC[C@@H]1CCSS1)NCCc1c[nH]c2ccc(F)cc12. The number of unbranched alkanes of at least 4 members (excludes halogenated alkanes) is 1. The van der Waals surface area contributed by atoms with Crippen LogP contribution in [0.15, 0.2) is 24.4 Å². The molecule has 0 bridgehead atoms. The number of fused-ring (bicyclic) bond motifs is 1. The van der Waals surface area contributed by atoms with Crippen LogP contribution in [0.5, 0.6) is 0 Å². The zero-order valence-electron chi connectivity index (χ0n) is 13.6. The summed E-state index contributed by atoms with van der Waals surface area (Å²) in [6, 6.07) is 4.74. The minimum Gasteiger partial charge on any atom is -0.361 e. The van der Waals surface area contributed by atoms with Gasteiger partial charge in [-0.05, 0) is 49.4 Å². The number of carbonyl (C=O) groups excluding carboxylic acids is 1. The van der Waals surface area contributed by atoms with Crippen molar-refractivity contribution in [2.75, 3.05) is 12.3 Å². The van der Waals surface area contributed by atoms with E-state index >= 15 is 0 Å². The molecule has 1 saturated heterocycles. The summed E-state index contributed by atoms with van der Waals surface area (Å²) in [6.07, 6.45) is 7.85. The van der Waals surface area contributed by atoms with Crippen LogP contribution in [0.4, 0.5) is 4.39 Å². The smallest absolute Gasteiger partial charge is 0.220 e.